The Bertz CT molecular complexity index is 259. The molecule has 94 valence electrons. The van der Waals surface area contributed by atoms with Crippen LogP contribution in [0.25, 0.3) is 0 Å². The van der Waals surface area contributed by atoms with E-state index in [9.17, 15) is 9.59 Å². The average molecular weight is 229 g/mol. The first-order valence-corrected chi connectivity index (χ1v) is 5.68. The largest absolute Gasteiger partial charge is 0.459 e. The van der Waals surface area contributed by atoms with Crippen molar-refractivity contribution < 1.29 is 14.3 Å². The van der Waals surface area contributed by atoms with E-state index < -0.39 is 23.4 Å². The lowest BCUT2D eigenvalue weighted by Crippen LogP contribution is -2.36. The first-order chi connectivity index (χ1) is 7.15. The van der Waals surface area contributed by atoms with Crippen molar-refractivity contribution in [2.24, 2.45) is 17.6 Å². The lowest BCUT2D eigenvalue weighted by Gasteiger charge is -2.27. The van der Waals surface area contributed by atoms with Crippen LogP contribution in [0, 0.1) is 11.8 Å². The van der Waals surface area contributed by atoms with Crippen LogP contribution in [0.3, 0.4) is 0 Å². The summed E-state index contributed by atoms with van der Waals surface area (Å²) in [5, 5.41) is 0. The zero-order chi connectivity index (χ0) is 12.9. The number of nitrogens with two attached hydrogens (primary N) is 1. The maximum absolute atomic E-state index is 11.5. The van der Waals surface area contributed by atoms with E-state index >= 15 is 0 Å². The van der Waals surface area contributed by atoms with Crippen LogP contribution >= 0.6 is 0 Å². The smallest absolute Gasteiger partial charge is 0.318 e. The highest BCUT2D eigenvalue weighted by atomic mass is 16.6. The van der Waals surface area contributed by atoms with E-state index in [4.69, 9.17) is 10.5 Å². The Morgan fingerprint density at radius 3 is 2.12 bits per heavy atom. The van der Waals surface area contributed by atoms with Crippen molar-refractivity contribution in [3.05, 3.63) is 0 Å². The van der Waals surface area contributed by atoms with Crippen molar-refractivity contribution in [3.63, 3.8) is 0 Å². The fraction of sp³-hybridized carbons (Fsp3) is 0.833. The van der Waals surface area contributed by atoms with Crippen LogP contribution in [0.5, 0.6) is 0 Å². The molecule has 0 saturated carbocycles. The van der Waals surface area contributed by atoms with Gasteiger partial charge in [0.05, 0.1) is 0 Å². The zero-order valence-electron chi connectivity index (χ0n) is 10.9. The Balaban J connectivity index is 4.24. The van der Waals surface area contributed by atoms with E-state index in [0.717, 1.165) is 12.8 Å². The lowest BCUT2D eigenvalue weighted by molar-refractivity contribution is -0.163. The Morgan fingerprint density at radius 1 is 1.25 bits per heavy atom. The van der Waals surface area contributed by atoms with Gasteiger partial charge in [0.15, 0.2) is 0 Å². The Morgan fingerprint density at radius 2 is 1.75 bits per heavy atom. The Hall–Kier alpha value is -1.06. The van der Waals surface area contributed by atoms with Crippen LogP contribution in [0.1, 0.15) is 47.5 Å². The van der Waals surface area contributed by atoms with Crippen molar-refractivity contribution in [1.82, 2.24) is 0 Å². The summed E-state index contributed by atoms with van der Waals surface area (Å²) in [6.07, 6.45) is 1.76. The molecule has 0 aliphatic heterocycles. The molecule has 0 rings (SSSR count). The van der Waals surface area contributed by atoms with E-state index in [1.54, 1.807) is 0 Å². The summed E-state index contributed by atoms with van der Waals surface area (Å²) in [5.74, 6) is -1.50. The molecule has 0 aromatic carbocycles. The van der Waals surface area contributed by atoms with E-state index in [1.807, 2.05) is 13.8 Å². The Kier molecular flexibility index (Phi) is 5.48. The SMILES string of the molecule is CC(C)CCC(C)(C)OC(=O)[C@H](C)C(N)=O. The van der Waals surface area contributed by atoms with Crippen LogP contribution < -0.4 is 5.73 Å². The number of amides is 1. The summed E-state index contributed by atoms with van der Waals surface area (Å²) >= 11 is 0. The molecule has 0 aromatic heterocycles. The van der Waals surface area contributed by atoms with Crippen LogP contribution in [0.15, 0.2) is 0 Å². The third-order valence-electron chi connectivity index (χ3n) is 2.48. The van der Waals surface area contributed by atoms with Crippen molar-refractivity contribution in [3.8, 4) is 0 Å². The number of ether oxygens (including phenoxy) is 1. The van der Waals surface area contributed by atoms with Gasteiger partial charge in [-0.15, -0.1) is 0 Å². The quantitative estimate of drug-likeness (QED) is 0.558. The molecule has 0 unspecified atom stereocenters. The minimum Gasteiger partial charge on any atom is -0.459 e. The van der Waals surface area contributed by atoms with Crippen LogP contribution in [0.2, 0.25) is 0 Å². The molecular formula is C12H23NO3. The van der Waals surface area contributed by atoms with Gasteiger partial charge in [0.1, 0.15) is 11.5 Å². The molecule has 0 saturated heterocycles. The van der Waals surface area contributed by atoms with Gasteiger partial charge < -0.3 is 10.5 Å². The molecule has 4 heteroatoms. The predicted octanol–water partition coefficient (Wildman–Crippen LogP) is 1.87. The second-order valence-electron chi connectivity index (χ2n) is 5.24. The molecule has 0 spiro atoms. The number of primary amides is 1. The topological polar surface area (TPSA) is 69.4 Å². The molecule has 2 N–H and O–H groups in total. The normalized spacial score (nSPS) is 13.6. The van der Waals surface area contributed by atoms with Crippen molar-refractivity contribution >= 4 is 11.9 Å². The minimum atomic E-state index is -0.877. The highest BCUT2D eigenvalue weighted by Gasteiger charge is 2.28. The fourth-order valence-electron chi connectivity index (χ4n) is 1.16. The van der Waals surface area contributed by atoms with Crippen LogP contribution in [0.4, 0.5) is 0 Å². The van der Waals surface area contributed by atoms with Gasteiger partial charge in [-0.05, 0) is 39.5 Å². The second kappa shape index (κ2) is 5.87. The third-order valence-corrected chi connectivity index (χ3v) is 2.48. The summed E-state index contributed by atoms with van der Waals surface area (Å²) in [6.45, 7) is 9.39. The minimum absolute atomic E-state index is 0.537. The molecule has 4 nitrogen and oxygen atoms in total. The van der Waals surface area contributed by atoms with Gasteiger partial charge in [-0.1, -0.05) is 13.8 Å². The van der Waals surface area contributed by atoms with E-state index in [-0.39, 0.29) is 0 Å². The predicted molar refractivity (Wildman–Crippen MR) is 62.6 cm³/mol. The number of hydrogen-bond acceptors (Lipinski definition) is 3. The molecule has 1 atom stereocenters. The number of rotatable bonds is 6. The van der Waals surface area contributed by atoms with E-state index in [2.05, 4.69) is 13.8 Å². The molecule has 0 fully saturated rings. The number of hydrogen-bond donors (Lipinski definition) is 1. The van der Waals surface area contributed by atoms with Gasteiger partial charge in [0, 0.05) is 0 Å². The molecule has 0 aromatic rings. The lowest BCUT2D eigenvalue weighted by atomic mass is 9.96. The van der Waals surface area contributed by atoms with Crippen molar-refractivity contribution in [2.75, 3.05) is 0 Å². The molecule has 0 bridgehead atoms. The second-order valence-corrected chi connectivity index (χ2v) is 5.24. The number of esters is 1. The van der Waals surface area contributed by atoms with Gasteiger partial charge in [-0.2, -0.15) is 0 Å². The molecule has 16 heavy (non-hydrogen) atoms. The Labute approximate surface area is 97.5 Å². The summed E-state index contributed by atoms with van der Waals surface area (Å²) in [4.78, 5) is 22.3. The summed E-state index contributed by atoms with van der Waals surface area (Å²) in [7, 11) is 0. The molecule has 1 amide bonds. The summed E-state index contributed by atoms with van der Waals surface area (Å²) < 4.78 is 5.27. The zero-order valence-corrected chi connectivity index (χ0v) is 10.9. The fourth-order valence-corrected chi connectivity index (χ4v) is 1.16. The first-order valence-electron chi connectivity index (χ1n) is 5.68. The van der Waals surface area contributed by atoms with Crippen LogP contribution in [-0.2, 0) is 14.3 Å². The average Bonchev–Trinajstić information content (AvgIpc) is 2.12. The first kappa shape index (κ1) is 14.9. The van der Waals surface area contributed by atoms with Gasteiger partial charge in [-0.25, -0.2) is 0 Å². The van der Waals surface area contributed by atoms with Gasteiger partial charge in [0.2, 0.25) is 5.91 Å². The maximum Gasteiger partial charge on any atom is 0.318 e. The van der Waals surface area contributed by atoms with Gasteiger partial charge in [-0.3, -0.25) is 9.59 Å². The van der Waals surface area contributed by atoms with Crippen molar-refractivity contribution in [1.29, 1.82) is 0 Å². The van der Waals surface area contributed by atoms with Gasteiger partial charge >= 0.3 is 5.97 Å². The monoisotopic (exact) mass is 229 g/mol. The summed E-state index contributed by atoms with van der Waals surface area (Å²) in [6, 6.07) is 0. The van der Waals surface area contributed by atoms with Crippen molar-refractivity contribution in [2.45, 2.75) is 53.1 Å². The molecular weight excluding hydrogens is 206 g/mol. The highest BCUT2D eigenvalue weighted by molar-refractivity contribution is 5.96. The molecule has 0 radical (unpaired) electrons. The molecule has 0 aliphatic rings. The third kappa shape index (κ3) is 5.73. The number of carbonyl (C=O) groups excluding carboxylic acids is 2. The summed E-state index contributed by atoms with van der Waals surface area (Å²) in [5.41, 5.74) is 4.50. The molecule has 0 aliphatic carbocycles. The maximum atomic E-state index is 11.5. The van der Waals surface area contributed by atoms with Crippen LogP contribution in [-0.4, -0.2) is 17.5 Å². The highest BCUT2D eigenvalue weighted by Crippen LogP contribution is 2.21. The number of carbonyl (C=O) groups is 2. The molecule has 0 heterocycles. The van der Waals surface area contributed by atoms with Gasteiger partial charge in [0.25, 0.3) is 0 Å². The van der Waals surface area contributed by atoms with E-state index in [1.165, 1.54) is 6.92 Å². The standard InChI is InChI=1S/C12H23NO3/c1-8(2)6-7-12(4,5)16-11(15)9(3)10(13)14/h8-9H,6-7H2,1-5H3,(H2,13,14)/t9-/m1/s1. The van der Waals surface area contributed by atoms with E-state index in [0.29, 0.717) is 5.92 Å².